The van der Waals surface area contributed by atoms with Crippen LogP contribution in [0.15, 0.2) is 18.2 Å². The highest BCUT2D eigenvalue weighted by Crippen LogP contribution is 2.37. The number of amides is 2. The number of nitrogens with one attached hydrogen (secondary N) is 2. The maximum absolute atomic E-state index is 13.0. The van der Waals surface area contributed by atoms with Crippen molar-refractivity contribution in [1.29, 1.82) is 0 Å². The first kappa shape index (κ1) is 27.9. The van der Waals surface area contributed by atoms with Crippen molar-refractivity contribution >= 4 is 61.9 Å². The fraction of sp³-hybridized carbons (Fsp3) is 0.550. The van der Waals surface area contributed by atoms with Crippen LogP contribution < -0.4 is 15.4 Å². The van der Waals surface area contributed by atoms with E-state index in [9.17, 15) is 24.6 Å². The van der Waals surface area contributed by atoms with E-state index in [1.54, 1.807) is 18.2 Å². The molecule has 2 amide bonds. The molecule has 0 radical (unpaired) electrons. The van der Waals surface area contributed by atoms with Crippen molar-refractivity contribution in [3.8, 4) is 5.75 Å². The van der Waals surface area contributed by atoms with Crippen LogP contribution in [0.1, 0.15) is 47.8 Å². The number of thioether (sulfide) groups is 1. The van der Waals surface area contributed by atoms with Gasteiger partial charge in [0.15, 0.2) is 0 Å². The Morgan fingerprint density at radius 2 is 1.74 bits per heavy atom. The van der Waals surface area contributed by atoms with Gasteiger partial charge in [0.1, 0.15) is 27.9 Å². The summed E-state index contributed by atoms with van der Waals surface area (Å²) in [6.07, 6.45) is 3.05. The van der Waals surface area contributed by atoms with Gasteiger partial charge in [-0.25, -0.2) is 4.79 Å². The second kappa shape index (κ2) is 14.1. The highest BCUT2D eigenvalue weighted by atomic mass is 79.9. The lowest BCUT2D eigenvalue weighted by molar-refractivity contribution is -0.140. The summed E-state index contributed by atoms with van der Waals surface area (Å²) in [5, 5.41) is 22.8. The molecule has 174 valence electrons. The van der Waals surface area contributed by atoms with Crippen LogP contribution in [0.4, 0.5) is 0 Å². The van der Waals surface area contributed by atoms with E-state index in [1.165, 1.54) is 11.8 Å². The second-order valence-corrected chi connectivity index (χ2v) is 9.89. The van der Waals surface area contributed by atoms with Crippen molar-refractivity contribution in [2.24, 2.45) is 5.92 Å². The van der Waals surface area contributed by atoms with Crippen molar-refractivity contribution in [1.82, 2.24) is 10.6 Å². The number of benzene rings is 1. The predicted octanol–water partition coefficient (Wildman–Crippen LogP) is 2.76. The minimum atomic E-state index is -1.13. The first-order valence-corrected chi connectivity index (χ1v) is 12.8. The number of rotatable bonds is 13. The molecule has 0 spiro atoms. The molecule has 8 nitrogen and oxygen atoms in total. The van der Waals surface area contributed by atoms with E-state index in [2.05, 4.69) is 42.5 Å². The Morgan fingerprint density at radius 1 is 1.16 bits per heavy atom. The lowest BCUT2D eigenvalue weighted by atomic mass is 10.0. The van der Waals surface area contributed by atoms with E-state index >= 15 is 0 Å². The van der Waals surface area contributed by atoms with Crippen molar-refractivity contribution in [3.63, 3.8) is 0 Å². The Hall–Kier alpha value is -1.14. The van der Waals surface area contributed by atoms with Gasteiger partial charge in [0.05, 0.1) is 0 Å². The number of carbonyl (C=O) groups is 3. The van der Waals surface area contributed by atoms with Gasteiger partial charge in [0.25, 0.3) is 0 Å². The molecule has 1 aromatic rings. The van der Waals surface area contributed by atoms with Crippen LogP contribution in [0.2, 0.25) is 0 Å². The molecule has 31 heavy (non-hydrogen) atoms. The van der Waals surface area contributed by atoms with E-state index < -0.39 is 34.0 Å². The van der Waals surface area contributed by atoms with Gasteiger partial charge in [-0.1, -0.05) is 63.9 Å². The van der Waals surface area contributed by atoms with Gasteiger partial charge in [0, 0.05) is 11.1 Å². The molecule has 0 fully saturated rings. The molecule has 0 aliphatic carbocycles. The number of hydrogen-bond donors (Lipinski definition) is 4. The van der Waals surface area contributed by atoms with Crippen LogP contribution in [0.3, 0.4) is 0 Å². The number of ether oxygens (including phenoxy) is 1. The Balaban J connectivity index is 3.14. The lowest BCUT2D eigenvalue weighted by Gasteiger charge is -2.24. The van der Waals surface area contributed by atoms with Gasteiger partial charge in [-0.3, -0.25) is 9.59 Å². The number of aliphatic hydroxyl groups excluding tert-OH is 2. The Bertz CT molecular complexity index is 722. The van der Waals surface area contributed by atoms with Crippen molar-refractivity contribution < 1.29 is 29.3 Å². The quantitative estimate of drug-likeness (QED) is 0.122. The van der Waals surface area contributed by atoms with Gasteiger partial charge in [-0.05, 0) is 30.8 Å². The zero-order chi connectivity index (χ0) is 23.6. The molecule has 0 aromatic heterocycles. The van der Waals surface area contributed by atoms with E-state index in [4.69, 9.17) is 4.74 Å². The van der Waals surface area contributed by atoms with Crippen molar-refractivity contribution in [3.05, 3.63) is 29.3 Å². The molecule has 0 aliphatic rings. The summed E-state index contributed by atoms with van der Waals surface area (Å²) in [4.78, 5) is 36.6. The lowest BCUT2D eigenvalue weighted by Crippen LogP contribution is -2.51. The molecular weight excluding hydrogens is 556 g/mol. The minimum Gasteiger partial charge on any atom is -0.424 e. The maximum Gasteiger partial charge on any atom is 0.334 e. The second-order valence-electron chi connectivity index (χ2n) is 7.17. The number of carbonyl (C=O) groups excluding carboxylic acids is 3. The smallest absolute Gasteiger partial charge is 0.334 e. The van der Waals surface area contributed by atoms with Crippen LogP contribution >= 0.6 is 43.6 Å². The third-order valence-electron chi connectivity index (χ3n) is 4.30. The minimum absolute atomic E-state index is 0.00537. The fourth-order valence-corrected chi connectivity index (χ4v) is 4.00. The maximum atomic E-state index is 13.0. The largest absolute Gasteiger partial charge is 0.424 e. The van der Waals surface area contributed by atoms with E-state index in [0.29, 0.717) is 25.0 Å². The molecule has 0 saturated carbocycles. The zero-order valence-corrected chi connectivity index (χ0v) is 21.5. The summed E-state index contributed by atoms with van der Waals surface area (Å²) < 4.78 is 5.56. The molecule has 0 saturated heterocycles. The zero-order valence-electron chi connectivity index (χ0n) is 17.5. The highest BCUT2D eigenvalue weighted by Gasteiger charge is 2.29. The molecule has 4 unspecified atom stereocenters. The molecule has 1 aromatic carbocycles. The van der Waals surface area contributed by atoms with Gasteiger partial charge in [-0.15, -0.1) is 0 Å². The summed E-state index contributed by atoms with van der Waals surface area (Å²) in [5.74, 6) is -0.527. The third kappa shape index (κ3) is 9.09. The first-order chi connectivity index (χ1) is 14.6. The summed E-state index contributed by atoms with van der Waals surface area (Å²) >= 11 is 7.61. The molecule has 11 heteroatoms. The topological polar surface area (TPSA) is 125 Å². The number of esters is 1. The monoisotopic (exact) mass is 582 g/mol. The normalized spacial score (nSPS) is 15.0. The fourth-order valence-electron chi connectivity index (χ4n) is 2.80. The average molecular weight is 584 g/mol. The molecule has 4 atom stereocenters. The number of para-hydroxylation sites is 1. The molecular formula is C20H28Br2N2O6S. The summed E-state index contributed by atoms with van der Waals surface area (Å²) in [7, 11) is 0. The highest BCUT2D eigenvalue weighted by molar-refractivity contribution is 9.09. The molecule has 0 bridgehead atoms. The molecule has 1 rings (SSSR count). The van der Waals surface area contributed by atoms with Gasteiger partial charge in [-0.2, -0.15) is 11.8 Å². The van der Waals surface area contributed by atoms with Crippen LogP contribution in [-0.2, 0) is 14.4 Å². The number of aliphatic hydroxyl groups is 2. The first-order valence-electron chi connectivity index (χ1n) is 9.60. The average Bonchev–Trinajstić information content (AvgIpc) is 2.69. The summed E-state index contributed by atoms with van der Waals surface area (Å²) in [6, 6.07) is 2.93. The Morgan fingerprint density at radius 3 is 2.19 bits per heavy atom. The standard InChI is InChI=1S/C20H28Br2N2O6S/c1-11(2)9-15(24-19(28)14(23-10-25)7-8-31-3)20(29)30-16-12(17(21)26)5-4-6-13(16)18(22)27/h4-6,10-11,14-15,17-18,26-27H,7-9H2,1-3H3,(H,23,25)(H,24,28). The van der Waals surface area contributed by atoms with Crippen LogP contribution in [0.25, 0.3) is 0 Å². The van der Waals surface area contributed by atoms with E-state index in [-0.39, 0.29) is 22.8 Å². The summed E-state index contributed by atoms with van der Waals surface area (Å²) in [5.41, 5.74) is 0.499. The predicted molar refractivity (Wildman–Crippen MR) is 127 cm³/mol. The summed E-state index contributed by atoms with van der Waals surface area (Å²) in [6.45, 7) is 3.79. The van der Waals surface area contributed by atoms with Crippen LogP contribution in [-0.4, -0.2) is 52.6 Å². The van der Waals surface area contributed by atoms with E-state index in [1.807, 2.05) is 20.1 Å². The van der Waals surface area contributed by atoms with Gasteiger partial charge < -0.3 is 25.6 Å². The van der Waals surface area contributed by atoms with Gasteiger partial charge in [0.2, 0.25) is 12.3 Å². The number of halogens is 2. The third-order valence-corrected chi connectivity index (χ3v) is 5.93. The Kier molecular flexibility index (Phi) is 12.7. The number of hydrogen-bond acceptors (Lipinski definition) is 7. The number of alkyl halides is 2. The molecule has 4 N–H and O–H groups in total. The van der Waals surface area contributed by atoms with Crippen molar-refractivity contribution in [2.75, 3.05) is 12.0 Å². The van der Waals surface area contributed by atoms with Crippen molar-refractivity contribution in [2.45, 2.75) is 48.8 Å². The Labute approximate surface area is 203 Å². The SMILES string of the molecule is CSCCC(NC=O)C(=O)NC(CC(C)C)C(=O)Oc1c(C(O)Br)cccc1C(O)Br. The van der Waals surface area contributed by atoms with Crippen LogP contribution in [0, 0.1) is 5.92 Å². The molecule has 0 aliphatic heterocycles. The van der Waals surface area contributed by atoms with E-state index in [0.717, 1.165) is 0 Å². The van der Waals surface area contributed by atoms with Gasteiger partial charge >= 0.3 is 5.97 Å². The van der Waals surface area contributed by atoms with Crippen LogP contribution in [0.5, 0.6) is 5.75 Å². The molecule has 0 heterocycles.